The molecule has 0 saturated carbocycles. The van der Waals surface area contributed by atoms with E-state index in [9.17, 15) is 0 Å². The summed E-state index contributed by atoms with van der Waals surface area (Å²) in [4.78, 5) is 0. The van der Waals surface area contributed by atoms with Gasteiger partial charge in [-0.1, -0.05) is 35.0 Å². The third kappa shape index (κ3) is 1.91. The lowest BCUT2D eigenvalue weighted by molar-refractivity contribution is -0.00791. The van der Waals surface area contributed by atoms with Crippen molar-refractivity contribution in [2.75, 3.05) is 20.3 Å². The molecule has 0 bridgehead atoms. The number of rotatable bonds is 3. The smallest absolute Gasteiger partial charge is 0.123 e. The van der Waals surface area contributed by atoms with Crippen molar-refractivity contribution in [2.45, 2.75) is 17.7 Å². The van der Waals surface area contributed by atoms with Gasteiger partial charge in [-0.15, -0.1) is 0 Å². The Balaban J connectivity index is 2.41. The summed E-state index contributed by atoms with van der Waals surface area (Å²) < 4.78 is 10.6. The third-order valence-corrected chi connectivity index (χ3v) is 3.70. The molecule has 82 valence electrons. The van der Waals surface area contributed by atoms with Gasteiger partial charge in [0.2, 0.25) is 0 Å². The average molecular weight is 271 g/mol. The van der Waals surface area contributed by atoms with Gasteiger partial charge in [-0.25, -0.2) is 0 Å². The van der Waals surface area contributed by atoms with Gasteiger partial charge in [0.25, 0.3) is 0 Å². The Morgan fingerprint density at radius 3 is 2.67 bits per heavy atom. The summed E-state index contributed by atoms with van der Waals surface area (Å²) >= 11 is 3.73. The van der Waals surface area contributed by atoms with Crippen molar-refractivity contribution in [3.63, 3.8) is 0 Å². The zero-order valence-electron chi connectivity index (χ0n) is 9.05. The molecule has 1 heterocycles. The molecule has 1 aliphatic heterocycles. The van der Waals surface area contributed by atoms with Crippen molar-refractivity contribution in [1.82, 2.24) is 0 Å². The fourth-order valence-corrected chi connectivity index (χ4v) is 2.40. The van der Waals surface area contributed by atoms with Gasteiger partial charge < -0.3 is 9.47 Å². The highest BCUT2D eigenvalue weighted by atomic mass is 79.9. The van der Waals surface area contributed by atoms with E-state index >= 15 is 0 Å². The van der Waals surface area contributed by atoms with Gasteiger partial charge >= 0.3 is 0 Å². The molecule has 0 radical (unpaired) electrons. The first-order valence-corrected chi connectivity index (χ1v) is 5.93. The summed E-state index contributed by atoms with van der Waals surface area (Å²) in [7, 11) is 1.71. The van der Waals surface area contributed by atoms with Gasteiger partial charge in [-0.2, -0.15) is 0 Å². The first kappa shape index (κ1) is 11.0. The summed E-state index contributed by atoms with van der Waals surface area (Å²) in [5.74, 6) is 0.937. The van der Waals surface area contributed by atoms with Crippen molar-refractivity contribution in [3.8, 4) is 5.75 Å². The normalized spacial score (nSPS) is 18.3. The Labute approximate surface area is 98.7 Å². The van der Waals surface area contributed by atoms with Crippen molar-refractivity contribution >= 4 is 15.9 Å². The van der Waals surface area contributed by atoms with Crippen LogP contribution in [0.2, 0.25) is 0 Å². The maximum Gasteiger partial charge on any atom is 0.123 e. The molecule has 3 heteroatoms. The molecule has 2 rings (SSSR count). The number of ether oxygens (including phenoxy) is 2. The molecular formula is C12H15BrO2. The lowest BCUT2D eigenvalue weighted by atomic mass is 9.94. The molecule has 2 nitrogen and oxygen atoms in total. The van der Waals surface area contributed by atoms with E-state index in [0.717, 1.165) is 25.4 Å². The van der Waals surface area contributed by atoms with Crippen LogP contribution in [0.3, 0.4) is 0 Å². The quantitative estimate of drug-likeness (QED) is 0.787. The molecule has 0 atom stereocenters. The van der Waals surface area contributed by atoms with Crippen LogP contribution in [0.4, 0.5) is 0 Å². The van der Waals surface area contributed by atoms with E-state index in [0.29, 0.717) is 0 Å². The Kier molecular flexibility index (Phi) is 3.03. The Morgan fingerprint density at radius 1 is 1.47 bits per heavy atom. The van der Waals surface area contributed by atoms with E-state index in [1.54, 1.807) is 7.11 Å². The molecule has 0 aromatic heterocycles. The van der Waals surface area contributed by atoms with Crippen molar-refractivity contribution in [3.05, 3.63) is 29.3 Å². The van der Waals surface area contributed by atoms with E-state index in [2.05, 4.69) is 35.0 Å². The van der Waals surface area contributed by atoms with E-state index in [1.165, 1.54) is 11.1 Å². The third-order valence-electron chi connectivity index (χ3n) is 2.82. The lowest BCUT2D eigenvalue weighted by Gasteiger charge is -2.37. The molecule has 1 aromatic rings. The van der Waals surface area contributed by atoms with Gasteiger partial charge in [-0.3, -0.25) is 0 Å². The maximum atomic E-state index is 5.38. The van der Waals surface area contributed by atoms with Crippen LogP contribution in [0, 0.1) is 0 Å². The van der Waals surface area contributed by atoms with Crippen LogP contribution < -0.4 is 4.74 Å². The summed E-state index contributed by atoms with van der Waals surface area (Å²) in [5, 5.41) is 0. The zero-order chi connectivity index (χ0) is 10.9. The average Bonchev–Trinajstić information content (AvgIpc) is 2.25. The van der Waals surface area contributed by atoms with E-state index in [-0.39, 0.29) is 4.32 Å². The lowest BCUT2D eigenvalue weighted by Crippen LogP contribution is -2.41. The topological polar surface area (TPSA) is 18.5 Å². The number of methoxy groups -OCH3 is 1. The molecular weight excluding hydrogens is 256 g/mol. The van der Waals surface area contributed by atoms with E-state index in [4.69, 9.17) is 9.47 Å². The molecule has 0 amide bonds. The summed E-state index contributed by atoms with van der Waals surface area (Å²) in [6.45, 7) is 3.59. The first-order valence-electron chi connectivity index (χ1n) is 5.13. The molecule has 0 N–H and O–H groups in total. The van der Waals surface area contributed by atoms with Crippen LogP contribution in [0.1, 0.15) is 18.1 Å². The van der Waals surface area contributed by atoms with Gasteiger partial charge in [0.05, 0.1) is 20.3 Å². The van der Waals surface area contributed by atoms with Gasteiger partial charge in [0, 0.05) is 5.56 Å². The highest BCUT2D eigenvalue weighted by molar-refractivity contribution is 9.09. The van der Waals surface area contributed by atoms with Crippen LogP contribution >= 0.6 is 15.9 Å². The highest BCUT2D eigenvalue weighted by Crippen LogP contribution is 2.43. The number of halogens is 1. The summed E-state index contributed by atoms with van der Waals surface area (Å²) in [6.07, 6.45) is 1.04. The molecule has 1 fully saturated rings. The summed E-state index contributed by atoms with van der Waals surface area (Å²) in [5.41, 5.74) is 2.53. The fraction of sp³-hybridized carbons (Fsp3) is 0.500. The Morgan fingerprint density at radius 2 is 2.20 bits per heavy atom. The fourth-order valence-electron chi connectivity index (χ4n) is 1.76. The Hall–Kier alpha value is -0.540. The van der Waals surface area contributed by atoms with Crippen molar-refractivity contribution in [2.24, 2.45) is 0 Å². The predicted octanol–water partition coefficient (Wildman–Crippen LogP) is 2.88. The second-order valence-corrected chi connectivity index (χ2v) is 5.36. The highest BCUT2D eigenvalue weighted by Gasteiger charge is 2.39. The zero-order valence-corrected chi connectivity index (χ0v) is 10.6. The SMILES string of the molecule is CCc1ccc(OC)c(C2(Br)COC2)c1. The molecule has 1 aliphatic rings. The van der Waals surface area contributed by atoms with Crippen LogP contribution in [0.5, 0.6) is 5.75 Å². The second-order valence-electron chi connectivity index (χ2n) is 3.85. The maximum absolute atomic E-state index is 5.38. The Bertz CT molecular complexity index is 359. The van der Waals surface area contributed by atoms with Gasteiger partial charge in [0.15, 0.2) is 0 Å². The molecule has 1 aromatic carbocycles. The first-order chi connectivity index (χ1) is 7.19. The van der Waals surface area contributed by atoms with Crippen molar-refractivity contribution < 1.29 is 9.47 Å². The molecule has 15 heavy (non-hydrogen) atoms. The number of benzene rings is 1. The largest absolute Gasteiger partial charge is 0.496 e. The van der Waals surface area contributed by atoms with Crippen LogP contribution in [-0.4, -0.2) is 20.3 Å². The predicted molar refractivity (Wildman–Crippen MR) is 63.8 cm³/mol. The number of hydrogen-bond donors (Lipinski definition) is 0. The second kappa shape index (κ2) is 4.14. The van der Waals surface area contributed by atoms with Crippen molar-refractivity contribution in [1.29, 1.82) is 0 Å². The van der Waals surface area contributed by atoms with Crippen LogP contribution in [0.15, 0.2) is 18.2 Å². The number of alkyl halides is 1. The van der Waals surface area contributed by atoms with Crippen LogP contribution in [0.25, 0.3) is 0 Å². The minimum Gasteiger partial charge on any atom is -0.496 e. The molecule has 0 spiro atoms. The van der Waals surface area contributed by atoms with Gasteiger partial charge in [-0.05, 0) is 18.1 Å². The van der Waals surface area contributed by atoms with Gasteiger partial charge in [0.1, 0.15) is 10.1 Å². The number of hydrogen-bond acceptors (Lipinski definition) is 2. The van der Waals surface area contributed by atoms with E-state index in [1.807, 2.05) is 6.07 Å². The molecule has 0 aliphatic carbocycles. The minimum atomic E-state index is -0.0382. The molecule has 1 saturated heterocycles. The van der Waals surface area contributed by atoms with Crippen LogP contribution in [-0.2, 0) is 15.5 Å². The minimum absolute atomic E-state index is 0.0382. The molecule has 0 unspecified atom stereocenters. The van der Waals surface area contributed by atoms with E-state index < -0.39 is 0 Å². The monoisotopic (exact) mass is 270 g/mol. The summed E-state index contributed by atoms with van der Waals surface area (Å²) in [6, 6.07) is 6.35. The standard InChI is InChI=1S/C12H15BrO2/c1-3-9-4-5-11(14-2)10(6-9)12(13)7-15-8-12/h4-6H,3,7-8H2,1-2H3. The number of aryl methyl sites for hydroxylation is 1.